The van der Waals surface area contributed by atoms with Gasteiger partial charge in [0, 0.05) is 113 Å². The number of fused-ring (bicyclic) bond motifs is 8. The number of benzene rings is 8. The Morgan fingerprint density at radius 1 is 0.300 bits per heavy atom. The topological polar surface area (TPSA) is 773 Å². The molecule has 0 radical (unpaired) electrons. The Kier molecular flexibility index (Phi) is 39.1. The zero-order valence-electron chi connectivity index (χ0n) is 75.6. The summed E-state index contributed by atoms with van der Waals surface area (Å²) in [5.41, 5.74) is 13.5. The van der Waals surface area contributed by atoms with Crippen LogP contribution in [0.2, 0.25) is 0 Å². The van der Waals surface area contributed by atoms with Crippen LogP contribution >= 0.6 is 60.8 Å². The van der Waals surface area contributed by atoms with E-state index in [0.717, 1.165) is 79.3 Å². The molecule has 140 heavy (non-hydrogen) atoms. The standard InChI is InChI=1S/C22H29N3O9P2.2C21H27N3O9P2.C20H25N3O9P2/c1-2-25-17-9-4-3-8-16(17)24-21-18(25)10-5-11-19(21)34-15-6-12-20(26)23-14-7-13-22(27,35(28,29)30)36(31,32)33;1-24-16-8-3-2-7-15(16)23-20-17(24)9-4-10-18(20)33-14-5-11-19(25)22-13-6-12-21(26,34(27,28)29)35(30,31)32;1-2-24-16-8-4-3-7-15(16)23-20-17(24)9-5-10-18(20)33-14-6-11-19(25)22-13-12-21(26,34(27,28)29)35(30,31)32;1-23-15-7-3-2-6-14(15)22-19-16(23)8-4-9-17(19)32-13-5-10-18(24)21-12-11-20(25,33(26,27)28)34(29,30)31/h3-5,8-11,27H,2,6-7,12-15H2,1H3,(H4-,23,26,28,29,30,31,32,33);2-4,7-10,26H,5-6,11-14H2,1H3,(H4-,22,25,27,28,29,30,31,32);3-5,7-10,26H,2,6,11-14H2,1H3,(H4-,22,25,27,28,29,30,31,32);2-4,6-9,25H,5,10-13H2,1H3,(H4-,21,24,26,27,28,29,30,31). The summed E-state index contributed by atoms with van der Waals surface area (Å²) in [7, 11) is -41.6. The monoisotopic (exact) mass is 2110 g/mol. The summed E-state index contributed by atoms with van der Waals surface area (Å²) in [6.45, 7) is 4.91. The third kappa shape index (κ3) is 28.0. The minimum atomic E-state index is -5.81. The lowest BCUT2D eigenvalue weighted by atomic mass is 10.2. The first-order valence-electron chi connectivity index (χ1n) is 43.1. The predicted molar refractivity (Wildman–Crippen MR) is 497 cm³/mol. The molecule has 760 valence electrons. The van der Waals surface area contributed by atoms with Gasteiger partial charge in [-0.05, 0) is 114 Å². The van der Waals surface area contributed by atoms with Crippen molar-refractivity contribution in [3.63, 3.8) is 0 Å². The molecule has 0 bridgehead atoms. The predicted octanol–water partition coefficient (Wildman–Crippen LogP) is 2.74. The van der Waals surface area contributed by atoms with Crippen LogP contribution < -0.4 is 78.1 Å². The summed E-state index contributed by atoms with van der Waals surface area (Å²) in [5.74, 6) is 0.372. The summed E-state index contributed by atoms with van der Waals surface area (Å²) in [5, 5.41) is 34.0. The number of rotatable bonds is 44. The number of aromatic nitrogens is 8. The van der Waals surface area contributed by atoms with E-state index < -0.39 is 144 Å². The van der Waals surface area contributed by atoms with Crippen molar-refractivity contribution in [3.8, 4) is 23.0 Å². The quantitative estimate of drug-likeness (QED) is 0.0113. The first-order chi connectivity index (χ1) is 65.5. The summed E-state index contributed by atoms with van der Waals surface area (Å²) in [6.07, 6.45) is -3.23. The number of hydrogen-bond acceptors (Lipinski definition) is 28. The fourth-order valence-electron chi connectivity index (χ4n) is 14.5. The van der Waals surface area contributed by atoms with Crippen molar-refractivity contribution in [2.24, 2.45) is 14.1 Å². The van der Waals surface area contributed by atoms with Crippen molar-refractivity contribution in [2.45, 2.75) is 137 Å². The fourth-order valence-corrected chi connectivity index (χ4v) is 23.2. The summed E-state index contributed by atoms with van der Waals surface area (Å²) >= 11 is 0. The molecule has 56 heteroatoms. The van der Waals surface area contributed by atoms with Gasteiger partial charge in [-0.2, -0.15) is 18.3 Å². The molecule has 0 saturated heterocycles. The highest BCUT2D eigenvalue weighted by Crippen LogP contribution is 2.70. The lowest BCUT2D eigenvalue weighted by Gasteiger charge is -2.36. The van der Waals surface area contributed by atoms with E-state index in [2.05, 4.69) is 35.4 Å². The zero-order chi connectivity index (χ0) is 103. The normalized spacial score (nSPS) is 15.5. The van der Waals surface area contributed by atoms with E-state index in [1.807, 2.05) is 189 Å². The molecule has 8 unspecified atom stereocenters. The number of carbonyl (C=O) groups is 4. The van der Waals surface area contributed by atoms with Crippen LogP contribution in [0.15, 0.2) is 170 Å². The number of ether oxygens (including phenoxy) is 4. The van der Waals surface area contributed by atoms with E-state index in [-0.39, 0.29) is 90.9 Å². The third-order valence-electron chi connectivity index (χ3n) is 22.1. The van der Waals surface area contributed by atoms with Gasteiger partial charge < -0.3 is 157 Å². The van der Waals surface area contributed by atoms with Crippen LogP contribution in [0.25, 0.3) is 88.3 Å². The van der Waals surface area contributed by atoms with Crippen molar-refractivity contribution >= 4 is 173 Å². The molecule has 0 aliphatic rings. The van der Waals surface area contributed by atoms with Crippen molar-refractivity contribution < 1.29 is 192 Å². The Balaban J connectivity index is 0.000000209. The third-order valence-corrected chi connectivity index (χ3v) is 37.4. The number of aliphatic hydroxyl groups is 4. The average molecular weight is 2110 g/mol. The number of nitrogens with zero attached hydrogens (tertiary/aromatic N) is 8. The van der Waals surface area contributed by atoms with Gasteiger partial charge in [0.25, 0.3) is 0 Å². The molecule has 8 atom stereocenters. The molecule has 20 N–H and O–H groups in total. The highest BCUT2D eigenvalue weighted by Gasteiger charge is 2.56. The van der Waals surface area contributed by atoms with Gasteiger partial charge in [-0.15, -0.1) is 0 Å². The van der Waals surface area contributed by atoms with Gasteiger partial charge in [0.1, 0.15) is 49.3 Å². The van der Waals surface area contributed by atoms with Gasteiger partial charge in [0.15, 0.2) is 75.4 Å². The molecule has 8 aromatic carbocycles. The zero-order valence-corrected chi connectivity index (χ0v) is 82.8. The lowest BCUT2D eigenvalue weighted by molar-refractivity contribution is -0.642. The Labute approximate surface area is 798 Å². The van der Waals surface area contributed by atoms with Gasteiger partial charge in [-0.1, -0.05) is 72.8 Å². The molecule has 48 nitrogen and oxygen atoms in total. The smallest absolute Gasteiger partial charge is 0.365 e. The van der Waals surface area contributed by atoms with Crippen LogP contribution in [0.4, 0.5) is 0 Å². The molecule has 4 heterocycles. The lowest BCUT2D eigenvalue weighted by Crippen LogP contribution is -2.38. The average Bonchev–Trinajstić information content (AvgIpc) is 0.770. The summed E-state index contributed by atoms with van der Waals surface area (Å²) in [6, 6.07) is 53.3. The van der Waals surface area contributed by atoms with Crippen molar-refractivity contribution in [1.82, 2.24) is 41.2 Å². The summed E-state index contributed by atoms with van der Waals surface area (Å²) in [4.78, 5) is 220. The second kappa shape index (κ2) is 48.1. The van der Waals surface area contributed by atoms with Crippen LogP contribution in [0, 0.1) is 0 Å². The van der Waals surface area contributed by atoms with Crippen molar-refractivity contribution in [2.75, 3.05) is 52.6 Å². The molecule has 0 fully saturated rings. The molecule has 0 spiro atoms. The fraction of sp³-hybridized carbons (Fsp3) is 0.381. The molecule has 12 rings (SSSR count). The highest BCUT2D eigenvalue weighted by molar-refractivity contribution is 7.72. The number of para-hydroxylation sites is 12. The van der Waals surface area contributed by atoms with Crippen LogP contribution in [0.1, 0.15) is 104 Å². The van der Waals surface area contributed by atoms with Crippen molar-refractivity contribution in [1.29, 1.82) is 0 Å². The van der Waals surface area contributed by atoms with Gasteiger partial charge >= 0.3 is 30.4 Å². The first kappa shape index (κ1) is 114. The Bertz CT molecular complexity index is 6820. The minimum absolute atomic E-state index is 0.0292. The second-order valence-electron chi connectivity index (χ2n) is 31.8. The van der Waals surface area contributed by atoms with E-state index >= 15 is 0 Å². The Morgan fingerprint density at radius 2 is 0.514 bits per heavy atom. The first-order valence-corrected chi connectivity index (χ1v) is 55.9. The van der Waals surface area contributed by atoms with Crippen LogP contribution in [0.3, 0.4) is 0 Å². The maximum absolute atomic E-state index is 12.1. The van der Waals surface area contributed by atoms with Crippen LogP contribution in [-0.4, -0.2) is 196 Å². The molecule has 0 aliphatic carbocycles. The molecule has 12 aromatic rings. The molecule has 4 aromatic heterocycles. The van der Waals surface area contributed by atoms with E-state index in [1.165, 1.54) is 0 Å². The van der Waals surface area contributed by atoms with Gasteiger partial charge in [0.2, 0.25) is 88.1 Å². The van der Waals surface area contributed by atoms with Gasteiger partial charge in [-0.3, -0.25) is 37.4 Å². The van der Waals surface area contributed by atoms with E-state index in [9.17, 15) is 95.7 Å². The van der Waals surface area contributed by atoms with Gasteiger partial charge in [-0.25, -0.2) is 19.9 Å². The SMILES string of the molecule is CC[n+]1c2ccccc2nc2c(OCCCC(=O)NCCC(O)(P(=O)([O-])O)P(=O)(O)O)cccc21.CC[n+]1c2ccccc2nc2c(OCCCC(=O)NCCCC(O)(P(=O)([O-])O)P(=O)(O)O)cccc21.C[n+]1c2ccccc2nc2c(OCCCC(=O)NCCC(O)(P(=O)([O-])O)P(=O)(O)O)cccc21.C[n+]1c2ccccc2nc2c(OCCCC(=O)NCCCC(O)(P(=O)([O-])O)P(=O)(O)O)cccc21. The highest BCUT2D eigenvalue weighted by atomic mass is 31.3. The number of nitrogens with one attached hydrogen (secondary N) is 4. The van der Waals surface area contributed by atoms with E-state index in [0.29, 0.717) is 57.9 Å². The largest absolute Gasteiger partial charge is 0.776 e. The number of hydrogen-bond donors (Lipinski definition) is 20. The Morgan fingerprint density at radius 3 is 0.764 bits per heavy atom. The number of amides is 4. The van der Waals surface area contributed by atoms with Crippen LogP contribution in [-0.2, 0) is 82.9 Å². The van der Waals surface area contributed by atoms with Crippen molar-refractivity contribution in [3.05, 3.63) is 170 Å². The van der Waals surface area contributed by atoms with Crippen LogP contribution in [0.5, 0.6) is 23.0 Å². The molecular weight excluding hydrogens is 2000 g/mol. The number of aryl methyl sites for hydroxylation is 4. The molecule has 0 aliphatic heterocycles. The molecule has 4 amide bonds. The Hall–Kier alpha value is -9.72. The maximum atomic E-state index is 12.1. The maximum Gasteiger partial charge on any atom is 0.365 e. The van der Waals surface area contributed by atoms with Gasteiger partial charge in [0.05, 0.1) is 26.4 Å². The second-order valence-corrected chi connectivity index (χ2v) is 47.6. The van der Waals surface area contributed by atoms with E-state index in [1.54, 1.807) is 18.2 Å². The van der Waals surface area contributed by atoms with E-state index in [4.69, 9.17) is 92.6 Å². The summed E-state index contributed by atoms with van der Waals surface area (Å²) < 4.78 is 122. The molecule has 0 saturated carbocycles. The number of carbonyl (C=O) groups excluding carboxylic acids is 4. The minimum Gasteiger partial charge on any atom is -0.776 e. The molecular formula is C84H108N12O36P8.